The van der Waals surface area contributed by atoms with Crippen molar-refractivity contribution in [1.82, 2.24) is 5.32 Å². The minimum absolute atomic E-state index is 0.107. The molecule has 0 saturated carbocycles. The molecule has 0 radical (unpaired) electrons. The van der Waals surface area contributed by atoms with Gasteiger partial charge in [0.25, 0.3) is 0 Å². The van der Waals surface area contributed by atoms with Crippen LogP contribution in [0, 0.1) is 0 Å². The van der Waals surface area contributed by atoms with Gasteiger partial charge in [-0.25, -0.2) is 0 Å². The number of amides is 1. The first kappa shape index (κ1) is 13.7. The molecular formula is C9H20N4O2. The Morgan fingerprint density at radius 2 is 2.07 bits per heavy atom. The third-order valence-corrected chi connectivity index (χ3v) is 2.06. The predicted molar refractivity (Wildman–Crippen MR) is 58.5 cm³/mol. The van der Waals surface area contributed by atoms with E-state index < -0.39 is 5.54 Å². The highest BCUT2D eigenvalue weighted by Gasteiger charge is 2.25. The summed E-state index contributed by atoms with van der Waals surface area (Å²) < 4.78 is 0. The Morgan fingerprint density at radius 3 is 2.40 bits per heavy atom. The SMILES string of the molecule is CCC(NC(C)(C)CC(N)=O)C(N)=NO. The number of carbonyl (C=O) groups is 1. The van der Waals surface area contributed by atoms with Gasteiger partial charge in [0.05, 0.1) is 6.04 Å². The van der Waals surface area contributed by atoms with E-state index in [2.05, 4.69) is 10.5 Å². The molecule has 1 amide bonds. The van der Waals surface area contributed by atoms with Crippen molar-refractivity contribution in [2.24, 2.45) is 16.6 Å². The first-order valence-corrected chi connectivity index (χ1v) is 4.85. The predicted octanol–water partition coefficient (Wildman–Crippen LogP) is -0.245. The van der Waals surface area contributed by atoms with Crippen molar-refractivity contribution in [3.8, 4) is 0 Å². The molecule has 0 fully saturated rings. The van der Waals surface area contributed by atoms with Crippen LogP contribution in [0.3, 0.4) is 0 Å². The monoisotopic (exact) mass is 216 g/mol. The molecule has 0 bridgehead atoms. The van der Waals surface area contributed by atoms with E-state index in [1.54, 1.807) is 0 Å². The van der Waals surface area contributed by atoms with Gasteiger partial charge in [0.1, 0.15) is 0 Å². The van der Waals surface area contributed by atoms with Crippen molar-refractivity contribution < 1.29 is 10.0 Å². The minimum Gasteiger partial charge on any atom is -0.409 e. The Morgan fingerprint density at radius 1 is 1.53 bits per heavy atom. The lowest BCUT2D eigenvalue weighted by Crippen LogP contribution is -2.52. The van der Waals surface area contributed by atoms with Crippen LogP contribution in [0.25, 0.3) is 0 Å². The molecule has 1 unspecified atom stereocenters. The normalized spacial score (nSPS) is 15.0. The number of carbonyl (C=O) groups excluding carboxylic acids is 1. The van der Waals surface area contributed by atoms with Crippen molar-refractivity contribution in [2.75, 3.05) is 0 Å². The van der Waals surface area contributed by atoms with Gasteiger partial charge in [-0.3, -0.25) is 4.79 Å². The van der Waals surface area contributed by atoms with E-state index in [9.17, 15) is 4.79 Å². The first-order valence-electron chi connectivity index (χ1n) is 4.85. The zero-order chi connectivity index (χ0) is 12.1. The average Bonchev–Trinajstić information content (AvgIpc) is 2.11. The molecule has 6 heteroatoms. The fraction of sp³-hybridized carbons (Fsp3) is 0.778. The molecule has 6 N–H and O–H groups in total. The summed E-state index contributed by atoms with van der Waals surface area (Å²) in [5, 5.41) is 14.6. The lowest BCUT2D eigenvalue weighted by Gasteiger charge is -2.29. The number of hydrogen-bond donors (Lipinski definition) is 4. The number of primary amides is 1. The van der Waals surface area contributed by atoms with Gasteiger partial charge in [-0.2, -0.15) is 0 Å². The second-order valence-electron chi connectivity index (χ2n) is 4.16. The van der Waals surface area contributed by atoms with E-state index in [0.29, 0.717) is 6.42 Å². The molecule has 88 valence electrons. The summed E-state index contributed by atoms with van der Waals surface area (Å²) >= 11 is 0. The highest BCUT2D eigenvalue weighted by Crippen LogP contribution is 2.10. The van der Waals surface area contributed by atoms with Crippen LogP contribution in [0.4, 0.5) is 0 Å². The molecule has 0 aromatic carbocycles. The molecule has 15 heavy (non-hydrogen) atoms. The van der Waals surface area contributed by atoms with E-state index in [-0.39, 0.29) is 24.2 Å². The molecule has 6 nitrogen and oxygen atoms in total. The van der Waals surface area contributed by atoms with Gasteiger partial charge < -0.3 is 22.0 Å². The Labute approximate surface area is 89.7 Å². The minimum atomic E-state index is -0.470. The third kappa shape index (κ3) is 5.21. The van der Waals surface area contributed by atoms with Gasteiger partial charge in [-0.15, -0.1) is 0 Å². The van der Waals surface area contributed by atoms with Crippen LogP contribution < -0.4 is 16.8 Å². The average molecular weight is 216 g/mol. The van der Waals surface area contributed by atoms with Crippen LogP contribution >= 0.6 is 0 Å². The maximum atomic E-state index is 10.8. The van der Waals surface area contributed by atoms with Gasteiger partial charge in [0.15, 0.2) is 5.84 Å². The molecule has 0 spiro atoms. The van der Waals surface area contributed by atoms with Gasteiger partial charge in [-0.05, 0) is 20.3 Å². The molecule has 1 atom stereocenters. The van der Waals surface area contributed by atoms with Gasteiger partial charge >= 0.3 is 0 Å². The second kappa shape index (κ2) is 5.55. The molecule has 0 aliphatic heterocycles. The van der Waals surface area contributed by atoms with Gasteiger partial charge in [0, 0.05) is 12.0 Å². The van der Waals surface area contributed by atoms with E-state index in [0.717, 1.165) is 0 Å². The van der Waals surface area contributed by atoms with Crippen molar-refractivity contribution >= 4 is 11.7 Å². The molecular weight excluding hydrogens is 196 g/mol. The molecule has 0 aliphatic carbocycles. The molecule has 0 aromatic rings. The fourth-order valence-electron chi connectivity index (χ4n) is 1.41. The Bertz CT molecular complexity index is 250. The van der Waals surface area contributed by atoms with E-state index >= 15 is 0 Å². The summed E-state index contributed by atoms with van der Waals surface area (Å²) in [6.07, 6.45) is 0.861. The highest BCUT2D eigenvalue weighted by atomic mass is 16.4. The van der Waals surface area contributed by atoms with E-state index in [1.807, 2.05) is 20.8 Å². The summed E-state index contributed by atoms with van der Waals surface area (Å²) in [5.74, 6) is -0.281. The van der Waals surface area contributed by atoms with Crippen LogP contribution in [0.15, 0.2) is 5.16 Å². The molecule has 0 rings (SSSR count). The van der Waals surface area contributed by atoms with Crippen molar-refractivity contribution in [2.45, 2.75) is 45.2 Å². The number of rotatable bonds is 6. The topological polar surface area (TPSA) is 114 Å². The van der Waals surface area contributed by atoms with Crippen LogP contribution in [0.1, 0.15) is 33.6 Å². The Hall–Kier alpha value is -1.30. The summed E-state index contributed by atoms with van der Waals surface area (Å²) in [5.41, 5.74) is 10.1. The molecule has 0 aliphatic rings. The Kier molecular flexibility index (Phi) is 5.07. The zero-order valence-corrected chi connectivity index (χ0v) is 9.45. The number of nitrogens with one attached hydrogen (secondary N) is 1. The number of oxime groups is 1. The van der Waals surface area contributed by atoms with Crippen LogP contribution in [-0.4, -0.2) is 28.5 Å². The number of nitrogens with two attached hydrogens (primary N) is 2. The molecule has 0 saturated heterocycles. The van der Waals surface area contributed by atoms with Crippen molar-refractivity contribution in [3.05, 3.63) is 0 Å². The Balaban J connectivity index is 4.46. The van der Waals surface area contributed by atoms with Crippen LogP contribution in [0.5, 0.6) is 0 Å². The second-order valence-corrected chi connectivity index (χ2v) is 4.16. The fourth-order valence-corrected chi connectivity index (χ4v) is 1.41. The van der Waals surface area contributed by atoms with Crippen molar-refractivity contribution in [3.63, 3.8) is 0 Å². The van der Waals surface area contributed by atoms with E-state index in [4.69, 9.17) is 16.7 Å². The standard InChI is InChI=1S/C9H20N4O2/c1-4-6(8(11)13-15)12-9(2,3)5-7(10)14/h6,12,15H,4-5H2,1-3H3,(H2,10,14)(H2,11,13). The summed E-state index contributed by atoms with van der Waals surface area (Å²) in [6.45, 7) is 5.58. The zero-order valence-electron chi connectivity index (χ0n) is 9.45. The third-order valence-electron chi connectivity index (χ3n) is 2.06. The van der Waals surface area contributed by atoms with Gasteiger partial charge in [-0.1, -0.05) is 12.1 Å². The maximum absolute atomic E-state index is 10.8. The summed E-state index contributed by atoms with van der Waals surface area (Å²) in [6, 6.07) is -0.260. The van der Waals surface area contributed by atoms with Crippen LogP contribution in [0.2, 0.25) is 0 Å². The van der Waals surface area contributed by atoms with Crippen LogP contribution in [-0.2, 0) is 4.79 Å². The van der Waals surface area contributed by atoms with Crippen molar-refractivity contribution in [1.29, 1.82) is 0 Å². The highest BCUT2D eigenvalue weighted by molar-refractivity contribution is 5.85. The lowest BCUT2D eigenvalue weighted by molar-refractivity contribution is -0.119. The number of amidine groups is 1. The first-order chi connectivity index (χ1) is 6.82. The summed E-state index contributed by atoms with van der Waals surface area (Å²) in [4.78, 5) is 10.8. The van der Waals surface area contributed by atoms with E-state index in [1.165, 1.54) is 0 Å². The smallest absolute Gasteiger partial charge is 0.219 e. The number of hydrogen-bond acceptors (Lipinski definition) is 4. The lowest BCUT2D eigenvalue weighted by atomic mass is 9.98. The molecule has 0 heterocycles. The van der Waals surface area contributed by atoms with Gasteiger partial charge in [0.2, 0.25) is 5.91 Å². The molecule has 0 aromatic heterocycles. The number of nitrogens with zero attached hydrogens (tertiary/aromatic N) is 1. The quantitative estimate of drug-likeness (QED) is 0.212. The largest absolute Gasteiger partial charge is 0.409 e. The maximum Gasteiger partial charge on any atom is 0.219 e. The summed E-state index contributed by atoms with van der Waals surface area (Å²) in [7, 11) is 0.